The SMILES string of the molecule is COc1ccc(N2C(=O)CC[C@@H](C(=O)Nc3ccccc3F)[C@H]2c2ccc(OC)c(OC)c2)cc1. The third-order valence-corrected chi connectivity index (χ3v) is 6.17. The van der Waals surface area contributed by atoms with E-state index in [1.54, 1.807) is 60.5 Å². The van der Waals surface area contributed by atoms with Gasteiger partial charge in [-0.15, -0.1) is 0 Å². The Kier molecular flexibility index (Phi) is 7.19. The van der Waals surface area contributed by atoms with Gasteiger partial charge in [-0.1, -0.05) is 18.2 Å². The van der Waals surface area contributed by atoms with Gasteiger partial charge in [-0.25, -0.2) is 4.39 Å². The lowest BCUT2D eigenvalue weighted by Crippen LogP contribution is -2.47. The summed E-state index contributed by atoms with van der Waals surface area (Å²) < 4.78 is 30.4. The fourth-order valence-corrected chi connectivity index (χ4v) is 4.42. The fraction of sp³-hybridized carbons (Fsp3) is 0.259. The van der Waals surface area contributed by atoms with Crippen LogP contribution in [0.15, 0.2) is 66.7 Å². The molecule has 35 heavy (non-hydrogen) atoms. The number of anilines is 2. The molecule has 0 spiro atoms. The van der Waals surface area contributed by atoms with Gasteiger partial charge in [-0.2, -0.15) is 0 Å². The standard InChI is InChI=1S/C27H27FN2O5/c1-33-19-11-9-18(10-12-19)30-25(31)15-13-20(27(32)29-22-7-5-4-6-21(22)28)26(30)17-8-14-23(34-2)24(16-17)35-3/h4-12,14,16,20,26H,13,15H2,1-3H3,(H,29,32)/t20-,26-/m1/s1. The summed E-state index contributed by atoms with van der Waals surface area (Å²) >= 11 is 0. The first-order valence-electron chi connectivity index (χ1n) is 11.2. The zero-order valence-electron chi connectivity index (χ0n) is 19.8. The normalized spacial score (nSPS) is 17.6. The molecule has 0 bridgehead atoms. The average molecular weight is 479 g/mol. The van der Waals surface area contributed by atoms with Crippen molar-refractivity contribution in [3.63, 3.8) is 0 Å². The molecule has 182 valence electrons. The second-order valence-corrected chi connectivity index (χ2v) is 8.14. The van der Waals surface area contributed by atoms with Crippen molar-refractivity contribution in [2.75, 3.05) is 31.5 Å². The van der Waals surface area contributed by atoms with Gasteiger partial charge in [0, 0.05) is 12.1 Å². The highest BCUT2D eigenvalue weighted by Crippen LogP contribution is 2.43. The summed E-state index contributed by atoms with van der Waals surface area (Å²) in [5.74, 6) is -0.0110. The van der Waals surface area contributed by atoms with Gasteiger partial charge in [0.25, 0.3) is 0 Å². The number of nitrogens with zero attached hydrogens (tertiary/aromatic N) is 1. The molecule has 0 saturated carbocycles. The van der Waals surface area contributed by atoms with Crippen LogP contribution in [0.5, 0.6) is 17.2 Å². The minimum absolute atomic E-state index is 0.0939. The number of hydrogen-bond donors (Lipinski definition) is 1. The maximum atomic E-state index is 14.3. The van der Waals surface area contributed by atoms with Gasteiger partial charge in [0.2, 0.25) is 11.8 Å². The minimum Gasteiger partial charge on any atom is -0.497 e. The predicted molar refractivity (Wildman–Crippen MR) is 131 cm³/mol. The van der Waals surface area contributed by atoms with Gasteiger partial charge >= 0.3 is 0 Å². The molecule has 8 heteroatoms. The highest BCUT2D eigenvalue weighted by molar-refractivity contribution is 6.00. The molecule has 0 aliphatic carbocycles. The van der Waals surface area contributed by atoms with Crippen LogP contribution in [0.25, 0.3) is 0 Å². The Morgan fingerprint density at radius 2 is 1.66 bits per heavy atom. The van der Waals surface area contributed by atoms with E-state index in [0.717, 1.165) is 0 Å². The number of carbonyl (C=O) groups is 2. The van der Waals surface area contributed by atoms with E-state index in [-0.39, 0.29) is 23.9 Å². The number of hydrogen-bond acceptors (Lipinski definition) is 5. The van der Waals surface area contributed by atoms with Crippen molar-refractivity contribution >= 4 is 23.2 Å². The second kappa shape index (κ2) is 10.5. The van der Waals surface area contributed by atoms with E-state index < -0.39 is 17.8 Å². The molecule has 2 atom stereocenters. The van der Waals surface area contributed by atoms with E-state index in [9.17, 15) is 14.0 Å². The third kappa shape index (κ3) is 4.91. The largest absolute Gasteiger partial charge is 0.497 e. The number of rotatable bonds is 7. The molecule has 1 saturated heterocycles. The van der Waals surface area contributed by atoms with E-state index >= 15 is 0 Å². The molecular weight excluding hydrogens is 451 g/mol. The third-order valence-electron chi connectivity index (χ3n) is 6.17. The van der Waals surface area contributed by atoms with Crippen LogP contribution in [0, 0.1) is 11.7 Å². The summed E-state index contributed by atoms with van der Waals surface area (Å²) in [5, 5.41) is 2.71. The molecule has 4 rings (SSSR count). The van der Waals surface area contributed by atoms with Crippen molar-refractivity contribution < 1.29 is 28.2 Å². The van der Waals surface area contributed by atoms with Crippen molar-refractivity contribution in [2.24, 2.45) is 5.92 Å². The number of halogens is 1. The second-order valence-electron chi connectivity index (χ2n) is 8.14. The smallest absolute Gasteiger partial charge is 0.230 e. The first-order valence-corrected chi connectivity index (χ1v) is 11.2. The monoisotopic (exact) mass is 478 g/mol. The average Bonchev–Trinajstić information content (AvgIpc) is 2.89. The van der Waals surface area contributed by atoms with Crippen LogP contribution in [0.1, 0.15) is 24.4 Å². The van der Waals surface area contributed by atoms with E-state index in [0.29, 0.717) is 34.9 Å². The first-order chi connectivity index (χ1) is 17.0. The van der Waals surface area contributed by atoms with E-state index in [2.05, 4.69) is 5.32 Å². The fourth-order valence-electron chi connectivity index (χ4n) is 4.42. The number of para-hydroxylation sites is 1. The van der Waals surface area contributed by atoms with Crippen LogP contribution in [-0.2, 0) is 9.59 Å². The number of amides is 2. The Hall–Kier alpha value is -4.07. The lowest BCUT2D eigenvalue weighted by atomic mass is 9.83. The lowest BCUT2D eigenvalue weighted by molar-refractivity contribution is -0.126. The topological polar surface area (TPSA) is 77.1 Å². The Labute approximate surface area is 203 Å². The summed E-state index contributed by atoms with van der Waals surface area (Å²) in [6, 6.07) is 17.7. The highest BCUT2D eigenvalue weighted by Gasteiger charge is 2.42. The molecule has 3 aromatic carbocycles. The van der Waals surface area contributed by atoms with E-state index in [4.69, 9.17) is 14.2 Å². The molecule has 1 aliphatic rings. The van der Waals surface area contributed by atoms with Crippen molar-refractivity contribution in [1.29, 1.82) is 0 Å². The predicted octanol–water partition coefficient (Wildman–Crippen LogP) is 4.97. The van der Waals surface area contributed by atoms with Crippen molar-refractivity contribution in [2.45, 2.75) is 18.9 Å². The molecule has 1 N–H and O–H groups in total. The summed E-state index contributed by atoms with van der Waals surface area (Å²) in [6.07, 6.45) is 0.482. The van der Waals surface area contributed by atoms with E-state index in [1.807, 2.05) is 6.07 Å². The summed E-state index contributed by atoms with van der Waals surface area (Å²) in [6.45, 7) is 0. The molecule has 1 heterocycles. The first kappa shape index (κ1) is 24.1. The summed E-state index contributed by atoms with van der Waals surface area (Å²) in [5.41, 5.74) is 1.41. The van der Waals surface area contributed by atoms with Crippen LogP contribution < -0.4 is 24.4 Å². The van der Waals surface area contributed by atoms with Crippen LogP contribution in [0.4, 0.5) is 15.8 Å². The maximum Gasteiger partial charge on any atom is 0.230 e. The molecule has 0 radical (unpaired) electrons. The van der Waals surface area contributed by atoms with Crippen LogP contribution in [-0.4, -0.2) is 33.1 Å². The minimum atomic E-state index is -0.656. The molecule has 0 unspecified atom stereocenters. The number of carbonyl (C=O) groups excluding carboxylic acids is 2. The van der Waals surface area contributed by atoms with Crippen molar-refractivity contribution in [3.8, 4) is 17.2 Å². The highest BCUT2D eigenvalue weighted by atomic mass is 19.1. The Morgan fingerprint density at radius 3 is 2.31 bits per heavy atom. The van der Waals surface area contributed by atoms with Gasteiger partial charge < -0.3 is 24.4 Å². The lowest BCUT2D eigenvalue weighted by Gasteiger charge is -2.41. The van der Waals surface area contributed by atoms with Crippen molar-refractivity contribution in [3.05, 3.63) is 78.1 Å². The molecule has 1 aliphatic heterocycles. The number of benzene rings is 3. The molecule has 7 nitrogen and oxygen atoms in total. The molecule has 3 aromatic rings. The zero-order chi connectivity index (χ0) is 24.9. The summed E-state index contributed by atoms with van der Waals surface area (Å²) in [7, 11) is 4.63. The molecule has 2 amide bonds. The van der Waals surface area contributed by atoms with Gasteiger partial charge in [0.1, 0.15) is 11.6 Å². The Bertz CT molecular complexity index is 1210. The quantitative estimate of drug-likeness (QED) is 0.519. The molecule has 1 fully saturated rings. The van der Waals surface area contributed by atoms with Gasteiger partial charge in [-0.3, -0.25) is 9.59 Å². The maximum absolute atomic E-state index is 14.3. The van der Waals surface area contributed by atoms with Gasteiger partial charge in [0.15, 0.2) is 11.5 Å². The Morgan fingerprint density at radius 1 is 0.943 bits per heavy atom. The van der Waals surface area contributed by atoms with Gasteiger partial charge in [0.05, 0.1) is 39.0 Å². The Balaban J connectivity index is 1.79. The number of piperidine rings is 1. The molecular formula is C27H27FN2O5. The number of nitrogens with one attached hydrogen (secondary N) is 1. The molecule has 0 aromatic heterocycles. The van der Waals surface area contributed by atoms with Crippen LogP contribution in [0.2, 0.25) is 0 Å². The van der Waals surface area contributed by atoms with Crippen molar-refractivity contribution in [1.82, 2.24) is 0 Å². The van der Waals surface area contributed by atoms with Crippen LogP contribution in [0.3, 0.4) is 0 Å². The van der Waals surface area contributed by atoms with Gasteiger partial charge in [-0.05, 0) is 60.5 Å². The van der Waals surface area contributed by atoms with E-state index in [1.165, 1.54) is 26.4 Å². The zero-order valence-corrected chi connectivity index (χ0v) is 19.8. The number of methoxy groups -OCH3 is 3. The number of ether oxygens (including phenoxy) is 3. The summed E-state index contributed by atoms with van der Waals surface area (Å²) in [4.78, 5) is 28.3. The van der Waals surface area contributed by atoms with Crippen LogP contribution >= 0.6 is 0 Å².